The molecular formula is C16H23ClF2N2O2S. The molecule has 24 heavy (non-hydrogen) atoms. The fourth-order valence-electron chi connectivity index (χ4n) is 2.81. The van der Waals surface area contributed by atoms with E-state index in [-0.39, 0.29) is 24.4 Å². The van der Waals surface area contributed by atoms with Crippen LogP contribution in [0.4, 0.5) is 14.5 Å². The molecule has 0 aliphatic heterocycles. The van der Waals surface area contributed by atoms with Gasteiger partial charge in [-0.2, -0.15) is 8.78 Å². The smallest absolute Gasteiger partial charge is 0.288 e. The molecular weight excluding hydrogens is 358 g/mol. The van der Waals surface area contributed by atoms with Gasteiger partial charge in [-0.25, -0.2) is 0 Å². The van der Waals surface area contributed by atoms with Crippen molar-refractivity contribution in [3.8, 4) is 0 Å². The molecule has 1 aliphatic carbocycles. The number of halogens is 3. The third-order valence-electron chi connectivity index (χ3n) is 4.55. The highest BCUT2D eigenvalue weighted by atomic mass is 35.5. The lowest BCUT2D eigenvalue weighted by molar-refractivity contribution is -0.166. The van der Waals surface area contributed by atoms with E-state index in [1.165, 1.54) is 6.07 Å². The van der Waals surface area contributed by atoms with Crippen molar-refractivity contribution in [2.45, 2.75) is 49.5 Å². The molecule has 0 saturated heterocycles. The van der Waals surface area contributed by atoms with Crippen LogP contribution in [0.15, 0.2) is 29.2 Å². The summed E-state index contributed by atoms with van der Waals surface area (Å²) < 4.78 is 30.5. The molecule has 8 heteroatoms. The lowest BCUT2D eigenvalue weighted by Gasteiger charge is -2.57. The second-order valence-electron chi connectivity index (χ2n) is 6.20. The molecule has 1 saturated carbocycles. The van der Waals surface area contributed by atoms with Crippen LogP contribution in [-0.4, -0.2) is 29.9 Å². The highest BCUT2D eigenvalue weighted by molar-refractivity contribution is 7.99. The molecule has 0 aromatic heterocycles. The first-order valence-corrected chi connectivity index (χ1v) is 8.35. The summed E-state index contributed by atoms with van der Waals surface area (Å²) in [5.41, 5.74) is 5.21. The molecule has 4 nitrogen and oxygen atoms in total. The monoisotopic (exact) mass is 380 g/mol. The van der Waals surface area contributed by atoms with Crippen molar-refractivity contribution in [3.05, 3.63) is 24.3 Å². The fraction of sp³-hybridized carbons (Fsp3) is 0.562. The van der Waals surface area contributed by atoms with Crippen LogP contribution in [0, 0.1) is 5.41 Å². The predicted octanol–water partition coefficient (Wildman–Crippen LogP) is 3.89. The number of hydrogen-bond acceptors (Lipinski definition) is 4. The molecule has 1 aromatic rings. The van der Waals surface area contributed by atoms with Crippen LogP contribution in [0.3, 0.4) is 0 Å². The summed E-state index contributed by atoms with van der Waals surface area (Å²) in [4.78, 5) is 13.0. The second-order valence-corrected chi connectivity index (χ2v) is 7.27. The van der Waals surface area contributed by atoms with E-state index in [0.29, 0.717) is 35.4 Å². The summed E-state index contributed by atoms with van der Waals surface area (Å²) in [6.45, 7) is 6.27. The molecule has 1 fully saturated rings. The fourth-order valence-corrected chi connectivity index (χ4v) is 3.37. The summed E-state index contributed by atoms with van der Waals surface area (Å²) in [6.07, 6.45) is 0.370. The number of hydrogen-bond donors (Lipinski definition) is 2. The van der Waals surface area contributed by atoms with Crippen molar-refractivity contribution in [3.63, 3.8) is 0 Å². The molecule has 2 atom stereocenters. The number of ether oxygens (including phenoxy) is 1. The van der Waals surface area contributed by atoms with Crippen LogP contribution in [0.5, 0.6) is 0 Å². The van der Waals surface area contributed by atoms with Crippen molar-refractivity contribution in [1.29, 1.82) is 0 Å². The maximum Gasteiger partial charge on any atom is 0.288 e. The number of alkyl halides is 2. The zero-order chi connectivity index (χ0) is 17.3. The minimum absolute atomic E-state index is 0. The first kappa shape index (κ1) is 21.2. The quantitative estimate of drug-likeness (QED) is 0.735. The molecule has 2 rings (SSSR count). The number of thioether (sulfide) groups is 1. The Morgan fingerprint density at radius 3 is 2.71 bits per heavy atom. The maximum atomic E-state index is 12.6. The SMILES string of the molecule is CCOC1CC(N)(C(=O)Nc2cccc(SC(F)F)c2)C1(C)C.Cl. The Morgan fingerprint density at radius 1 is 1.50 bits per heavy atom. The van der Waals surface area contributed by atoms with E-state index in [0.717, 1.165) is 0 Å². The third-order valence-corrected chi connectivity index (χ3v) is 5.26. The van der Waals surface area contributed by atoms with Gasteiger partial charge in [-0.15, -0.1) is 12.4 Å². The number of carbonyl (C=O) groups is 1. The average molecular weight is 381 g/mol. The van der Waals surface area contributed by atoms with E-state index in [2.05, 4.69) is 5.32 Å². The summed E-state index contributed by atoms with van der Waals surface area (Å²) in [6, 6.07) is 6.37. The molecule has 3 N–H and O–H groups in total. The summed E-state index contributed by atoms with van der Waals surface area (Å²) in [5, 5.41) is 2.74. The number of anilines is 1. The van der Waals surface area contributed by atoms with E-state index >= 15 is 0 Å². The Balaban J connectivity index is 0.00000288. The van der Waals surface area contributed by atoms with Crippen LogP contribution in [0.1, 0.15) is 27.2 Å². The van der Waals surface area contributed by atoms with Crippen LogP contribution in [-0.2, 0) is 9.53 Å². The van der Waals surface area contributed by atoms with Gasteiger partial charge < -0.3 is 15.8 Å². The van der Waals surface area contributed by atoms with E-state index in [9.17, 15) is 13.6 Å². The minimum atomic E-state index is -2.50. The highest BCUT2D eigenvalue weighted by Crippen LogP contribution is 2.50. The van der Waals surface area contributed by atoms with Crippen molar-refractivity contribution in [2.24, 2.45) is 11.1 Å². The van der Waals surface area contributed by atoms with Crippen molar-refractivity contribution in [1.82, 2.24) is 0 Å². The van der Waals surface area contributed by atoms with E-state index < -0.39 is 16.7 Å². The van der Waals surface area contributed by atoms with Gasteiger partial charge in [-0.05, 0) is 25.1 Å². The zero-order valence-corrected chi connectivity index (χ0v) is 15.5. The second kappa shape index (κ2) is 7.99. The summed E-state index contributed by atoms with van der Waals surface area (Å²) in [7, 11) is 0. The van der Waals surface area contributed by atoms with Crippen molar-refractivity contribution >= 4 is 35.8 Å². The molecule has 1 amide bonds. The summed E-state index contributed by atoms with van der Waals surface area (Å²) in [5.74, 6) is -2.82. The largest absolute Gasteiger partial charge is 0.378 e. The molecule has 2 unspecified atom stereocenters. The topological polar surface area (TPSA) is 64.3 Å². The Kier molecular flexibility index (Phi) is 7.04. The average Bonchev–Trinajstić information content (AvgIpc) is 2.46. The Labute approximate surface area is 151 Å². The predicted molar refractivity (Wildman–Crippen MR) is 94.9 cm³/mol. The Bertz CT molecular complexity index is 589. The number of carbonyl (C=O) groups excluding carboxylic acids is 1. The van der Waals surface area contributed by atoms with Crippen molar-refractivity contribution < 1.29 is 18.3 Å². The Morgan fingerprint density at radius 2 is 2.17 bits per heavy atom. The van der Waals surface area contributed by atoms with Gasteiger partial charge in [0.2, 0.25) is 5.91 Å². The molecule has 0 spiro atoms. The molecule has 0 bridgehead atoms. The van der Waals surface area contributed by atoms with Crippen LogP contribution >= 0.6 is 24.2 Å². The molecule has 0 radical (unpaired) electrons. The van der Waals surface area contributed by atoms with Gasteiger partial charge in [0.25, 0.3) is 5.76 Å². The van der Waals surface area contributed by atoms with Gasteiger partial charge >= 0.3 is 0 Å². The number of rotatable bonds is 6. The lowest BCUT2D eigenvalue weighted by Crippen LogP contribution is -2.74. The molecule has 1 aliphatic rings. The molecule has 0 heterocycles. The van der Waals surface area contributed by atoms with Gasteiger partial charge in [-0.1, -0.05) is 31.7 Å². The van der Waals surface area contributed by atoms with Crippen LogP contribution < -0.4 is 11.1 Å². The number of amides is 1. The van der Waals surface area contributed by atoms with Gasteiger partial charge in [0.05, 0.1) is 6.10 Å². The minimum Gasteiger partial charge on any atom is -0.378 e. The highest BCUT2D eigenvalue weighted by Gasteiger charge is 2.62. The standard InChI is InChI=1S/C16H22F2N2O2S.ClH/c1-4-22-12-9-16(19,15(12,2)3)13(21)20-10-6-5-7-11(8-10)23-14(17)18;/h5-8,12,14H,4,9,19H2,1-3H3,(H,20,21);1H. The van der Waals surface area contributed by atoms with Gasteiger partial charge in [0, 0.05) is 29.0 Å². The lowest BCUT2D eigenvalue weighted by atomic mass is 9.54. The first-order chi connectivity index (χ1) is 10.7. The summed E-state index contributed by atoms with van der Waals surface area (Å²) >= 11 is 0.438. The number of nitrogens with two attached hydrogens (primary N) is 1. The van der Waals surface area contributed by atoms with Crippen molar-refractivity contribution in [2.75, 3.05) is 11.9 Å². The maximum absolute atomic E-state index is 12.6. The number of benzene rings is 1. The zero-order valence-electron chi connectivity index (χ0n) is 13.8. The van der Waals surface area contributed by atoms with Gasteiger partial charge in [0.1, 0.15) is 5.54 Å². The van der Waals surface area contributed by atoms with Crippen LogP contribution in [0.2, 0.25) is 0 Å². The van der Waals surface area contributed by atoms with E-state index in [1.807, 2.05) is 20.8 Å². The van der Waals surface area contributed by atoms with Crippen LogP contribution in [0.25, 0.3) is 0 Å². The van der Waals surface area contributed by atoms with E-state index in [4.69, 9.17) is 10.5 Å². The molecule has 136 valence electrons. The molecule has 1 aromatic carbocycles. The first-order valence-electron chi connectivity index (χ1n) is 7.47. The third kappa shape index (κ3) is 4.02. The van der Waals surface area contributed by atoms with E-state index in [1.54, 1.807) is 18.2 Å². The number of nitrogens with one attached hydrogen (secondary N) is 1. The van der Waals surface area contributed by atoms with Gasteiger partial charge in [-0.3, -0.25) is 4.79 Å². The normalized spacial score (nSPS) is 24.9. The van der Waals surface area contributed by atoms with Gasteiger partial charge in [0.15, 0.2) is 0 Å². The Hall–Kier alpha value is -0.890.